The Labute approximate surface area is 207 Å². The molecule has 0 saturated heterocycles. The van der Waals surface area contributed by atoms with Crippen LogP contribution >= 0.6 is 0 Å². The minimum Gasteiger partial charge on any atom is -0.492 e. The Morgan fingerprint density at radius 1 is 0.886 bits per heavy atom. The summed E-state index contributed by atoms with van der Waals surface area (Å²) in [5, 5.41) is 9.07. The highest BCUT2D eigenvalue weighted by Gasteiger charge is 2.17. The van der Waals surface area contributed by atoms with Crippen molar-refractivity contribution >= 4 is 5.97 Å². The number of carboxylic acid groups (broad SMARTS) is 1. The van der Waals surface area contributed by atoms with Crippen LogP contribution in [0.1, 0.15) is 18.1 Å². The molecule has 182 valence electrons. The van der Waals surface area contributed by atoms with Gasteiger partial charge in [0.15, 0.2) is 6.10 Å². The van der Waals surface area contributed by atoms with E-state index < -0.39 is 12.1 Å². The largest absolute Gasteiger partial charge is 0.492 e. The molecule has 1 unspecified atom stereocenters. The fourth-order valence-corrected chi connectivity index (χ4v) is 3.60. The van der Waals surface area contributed by atoms with E-state index in [-0.39, 0.29) is 0 Å². The molecule has 1 N–H and O–H groups in total. The van der Waals surface area contributed by atoms with Crippen molar-refractivity contribution in [3.05, 3.63) is 115 Å². The van der Waals surface area contributed by atoms with Gasteiger partial charge in [-0.05, 0) is 54.8 Å². The summed E-state index contributed by atoms with van der Waals surface area (Å²) < 4.78 is 12.9. The molecule has 0 spiro atoms. The van der Waals surface area contributed by atoms with Crippen molar-refractivity contribution in [2.45, 2.75) is 32.9 Å². The minimum atomic E-state index is -0.936. The molecular weight excluding hydrogens is 438 g/mol. The molecular formula is C30H33NO4. The SMILES string of the molecule is CCOC(Cc1ccc(OCCn2cccc2)cc1)C(=O)O.Cc1cccc(-c2ccccc2)c1. The smallest absolute Gasteiger partial charge is 0.333 e. The molecule has 0 aliphatic carbocycles. The van der Waals surface area contributed by atoms with Crippen molar-refractivity contribution in [2.75, 3.05) is 13.2 Å². The number of nitrogens with zero attached hydrogens (tertiary/aromatic N) is 1. The molecule has 1 heterocycles. The number of aromatic nitrogens is 1. The van der Waals surface area contributed by atoms with Gasteiger partial charge in [-0.3, -0.25) is 0 Å². The second kappa shape index (κ2) is 13.8. The first-order valence-electron chi connectivity index (χ1n) is 11.8. The third kappa shape index (κ3) is 8.80. The van der Waals surface area contributed by atoms with Crippen LogP contribution in [-0.4, -0.2) is 35.0 Å². The molecule has 0 fully saturated rings. The fraction of sp³-hybridized carbons (Fsp3) is 0.233. The van der Waals surface area contributed by atoms with Gasteiger partial charge in [0.2, 0.25) is 0 Å². The Bertz CT molecular complexity index is 1140. The van der Waals surface area contributed by atoms with Gasteiger partial charge in [-0.1, -0.05) is 72.3 Å². The van der Waals surface area contributed by atoms with Crippen LogP contribution in [0.15, 0.2) is 103 Å². The standard InChI is InChI=1S/C17H21NO4.C13H12/c1-2-21-16(17(19)20)13-14-5-7-15(8-6-14)22-12-11-18-9-3-4-10-18;1-11-6-5-9-13(10-11)12-7-3-2-4-8-12/h3-10,16H,2,11-13H2,1H3,(H,19,20);2-10H,1H3. The number of aliphatic carboxylic acids is 1. The van der Waals surface area contributed by atoms with E-state index >= 15 is 0 Å². The maximum Gasteiger partial charge on any atom is 0.333 e. The summed E-state index contributed by atoms with van der Waals surface area (Å²) >= 11 is 0. The number of aryl methyl sites for hydroxylation is 1. The highest BCUT2D eigenvalue weighted by atomic mass is 16.5. The summed E-state index contributed by atoms with van der Waals surface area (Å²) in [6.45, 7) is 5.67. The summed E-state index contributed by atoms with van der Waals surface area (Å²) in [5.41, 5.74) is 4.80. The zero-order chi connectivity index (χ0) is 24.9. The number of carboxylic acids is 1. The van der Waals surface area contributed by atoms with Gasteiger partial charge in [-0.15, -0.1) is 0 Å². The van der Waals surface area contributed by atoms with Gasteiger partial charge in [-0.25, -0.2) is 4.79 Å². The highest BCUT2D eigenvalue weighted by Crippen LogP contribution is 2.19. The average Bonchev–Trinajstić information content (AvgIpc) is 3.39. The van der Waals surface area contributed by atoms with Crippen LogP contribution in [0, 0.1) is 6.92 Å². The number of ether oxygens (including phenoxy) is 2. The van der Waals surface area contributed by atoms with Crippen molar-refractivity contribution in [1.82, 2.24) is 4.57 Å². The highest BCUT2D eigenvalue weighted by molar-refractivity contribution is 5.72. The Morgan fingerprint density at radius 2 is 1.57 bits per heavy atom. The van der Waals surface area contributed by atoms with Gasteiger partial charge in [-0.2, -0.15) is 0 Å². The Balaban J connectivity index is 0.000000223. The summed E-state index contributed by atoms with van der Waals surface area (Å²) in [6.07, 6.45) is 3.54. The van der Waals surface area contributed by atoms with Crippen molar-refractivity contribution in [1.29, 1.82) is 0 Å². The number of hydrogen-bond acceptors (Lipinski definition) is 3. The lowest BCUT2D eigenvalue weighted by Gasteiger charge is -2.13. The van der Waals surface area contributed by atoms with E-state index in [4.69, 9.17) is 14.6 Å². The third-order valence-corrected chi connectivity index (χ3v) is 5.40. The van der Waals surface area contributed by atoms with Crippen LogP contribution in [0.5, 0.6) is 5.75 Å². The van der Waals surface area contributed by atoms with Crippen LogP contribution in [0.4, 0.5) is 0 Å². The molecule has 0 amide bonds. The van der Waals surface area contributed by atoms with Crippen molar-refractivity contribution < 1.29 is 19.4 Å². The predicted octanol–water partition coefficient (Wildman–Crippen LogP) is 6.26. The van der Waals surface area contributed by atoms with Crippen molar-refractivity contribution in [3.8, 4) is 16.9 Å². The van der Waals surface area contributed by atoms with Gasteiger partial charge >= 0.3 is 5.97 Å². The first kappa shape index (κ1) is 25.8. The average molecular weight is 472 g/mol. The zero-order valence-corrected chi connectivity index (χ0v) is 20.3. The molecule has 5 nitrogen and oxygen atoms in total. The molecule has 35 heavy (non-hydrogen) atoms. The predicted molar refractivity (Wildman–Crippen MR) is 140 cm³/mol. The van der Waals surface area contributed by atoms with E-state index in [2.05, 4.69) is 55.5 Å². The van der Waals surface area contributed by atoms with Crippen LogP contribution in [-0.2, 0) is 22.5 Å². The topological polar surface area (TPSA) is 60.7 Å². The third-order valence-electron chi connectivity index (χ3n) is 5.40. The lowest BCUT2D eigenvalue weighted by atomic mass is 10.0. The Hall–Kier alpha value is -3.83. The summed E-state index contributed by atoms with van der Waals surface area (Å²) in [5.74, 6) is -0.159. The maximum absolute atomic E-state index is 11.1. The van der Waals surface area contributed by atoms with Gasteiger partial charge in [0.05, 0.1) is 6.54 Å². The number of rotatable bonds is 10. The van der Waals surface area contributed by atoms with Crippen molar-refractivity contribution in [3.63, 3.8) is 0 Å². The number of carbonyl (C=O) groups is 1. The molecule has 1 atom stereocenters. The first-order chi connectivity index (χ1) is 17.0. The minimum absolute atomic E-state index is 0.354. The van der Waals surface area contributed by atoms with E-state index in [1.54, 1.807) is 6.92 Å². The zero-order valence-electron chi connectivity index (χ0n) is 20.3. The van der Waals surface area contributed by atoms with E-state index in [1.165, 1.54) is 16.7 Å². The molecule has 5 heteroatoms. The summed E-state index contributed by atoms with van der Waals surface area (Å²) in [4.78, 5) is 11.1. The second-order valence-corrected chi connectivity index (χ2v) is 8.14. The van der Waals surface area contributed by atoms with Gasteiger partial charge in [0, 0.05) is 25.4 Å². The van der Waals surface area contributed by atoms with Crippen molar-refractivity contribution in [2.24, 2.45) is 0 Å². The second-order valence-electron chi connectivity index (χ2n) is 8.14. The molecule has 0 aliphatic rings. The van der Waals surface area contributed by atoms with E-state index in [1.807, 2.05) is 59.4 Å². The van der Waals surface area contributed by atoms with Gasteiger partial charge in [0.25, 0.3) is 0 Å². The molecule has 1 aromatic heterocycles. The van der Waals surface area contributed by atoms with E-state index in [9.17, 15) is 4.79 Å². The molecule has 4 aromatic rings. The fourth-order valence-electron chi connectivity index (χ4n) is 3.60. The molecule has 0 radical (unpaired) electrons. The monoisotopic (exact) mass is 471 g/mol. The molecule has 0 aliphatic heterocycles. The summed E-state index contributed by atoms with van der Waals surface area (Å²) in [7, 11) is 0. The first-order valence-corrected chi connectivity index (χ1v) is 11.8. The molecule has 3 aromatic carbocycles. The lowest BCUT2D eigenvalue weighted by Crippen LogP contribution is -2.26. The molecule has 0 saturated carbocycles. The van der Waals surface area contributed by atoms with Crippen LogP contribution in [0.25, 0.3) is 11.1 Å². The molecule has 4 rings (SSSR count). The number of benzene rings is 3. The molecule has 0 bridgehead atoms. The number of hydrogen-bond donors (Lipinski definition) is 1. The van der Waals surface area contributed by atoms with Crippen LogP contribution in [0.3, 0.4) is 0 Å². The van der Waals surface area contributed by atoms with Crippen LogP contribution < -0.4 is 4.74 Å². The quantitative estimate of drug-likeness (QED) is 0.296. The Kier molecular flexibility index (Phi) is 10.1. The summed E-state index contributed by atoms with van der Waals surface area (Å²) in [6, 6.07) is 30.4. The van der Waals surface area contributed by atoms with E-state index in [0.717, 1.165) is 17.9 Å². The van der Waals surface area contributed by atoms with Gasteiger partial charge in [0.1, 0.15) is 12.4 Å². The Morgan fingerprint density at radius 3 is 2.20 bits per heavy atom. The normalized spacial score (nSPS) is 11.3. The van der Waals surface area contributed by atoms with E-state index in [0.29, 0.717) is 19.6 Å². The van der Waals surface area contributed by atoms with Crippen LogP contribution in [0.2, 0.25) is 0 Å². The maximum atomic E-state index is 11.1. The lowest BCUT2D eigenvalue weighted by molar-refractivity contribution is -0.149. The van der Waals surface area contributed by atoms with Gasteiger partial charge < -0.3 is 19.1 Å².